The number of ether oxygens (including phenoxy) is 2. The van der Waals surface area contributed by atoms with Crippen LogP contribution in [0.4, 0.5) is 0 Å². The van der Waals surface area contributed by atoms with Crippen LogP contribution in [0, 0.1) is 0 Å². The van der Waals surface area contributed by atoms with Crippen LogP contribution in [0.25, 0.3) is 0 Å². The van der Waals surface area contributed by atoms with E-state index >= 15 is 0 Å². The molecule has 9 nitrogen and oxygen atoms in total. The molecule has 7 unspecified atom stereocenters. The molecule has 62 heavy (non-hydrogen) atoms. The number of carbonyl (C=O) groups is 1. The smallest absolute Gasteiger partial charge is 0.220 e. The number of amides is 1. The van der Waals surface area contributed by atoms with Crippen LogP contribution in [-0.4, -0.2) is 87.5 Å². The highest BCUT2D eigenvalue weighted by atomic mass is 16.7. The minimum Gasteiger partial charge on any atom is -0.394 e. The average molecular weight is 882 g/mol. The maximum Gasteiger partial charge on any atom is 0.220 e. The third-order valence-corrected chi connectivity index (χ3v) is 13.1. The highest BCUT2D eigenvalue weighted by Crippen LogP contribution is 2.23. The number of nitrogens with one attached hydrogen (secondary N) is 1. The molecule has 1 aliphatic rings. The lowest BCUT2D eigenvalue weighted by Crippen LogP contribution is -2.60. The lowest BCUT2D eigenvalue weighted by Gasteiger charge is -2.40. The number of aliphatic hydroxyl groups is 5. The SMILES string of the molecule is CCCCCCCC/C=C/C(O)C(COC1OC(CO)C(O)C(O)C1O)NC(=O)CCCCCCCCCCCCCCCCCCCCCCCCCCCCCCCCC. The maximum absolute atomic E-state index is 12.9. The number of allylic oxidation sites excluding steroid dienone is 1. The summed E-state index contributed by atoms with van der Waals surface area (Å²) < 4.78 is 11.2. The van der Waals surface area contributed by atoms with Gasteiger partial charge in [-0.05, 0) is 19.3 Å². The summed E-state index contributed by atoms with van der Waals surface area (Å²) in [5, 5.41) is 54.1. The van der Waals surface area contributed by atoms with Gasteiger partial charge < -0.3 is 40.3 Å². The van der Waals surface area contributed by atoms with Crippen molar-refractivity contribution < 1.29 is 39.8 Å². The Balaban J connectivity index is 2.05. The van der Waals surface area contributed by atoms with Gasteiger partial charge in [-0.2, -0.15) is 0 Å². The number of hydrogen-bond donors (Lipinski definition) is 6. The Hall–Kier alpha value is -1.07. The maximum atomic E-state index is 12.9. The van der Waals surface area contributed by atoms with Crippen molar-refractivity contribution in [3.63, 3.8) is 0 Å². The van der Waals surface area contributed by atoms with Crippen molar-refractivity contribution in [2.45, 2.75) is 307 Å². The molecule has 1 amide bonds. The van der Waals surface area contributed by atoms with Gasteiger partial charge in [0.2, 0.25) is 5.91 Å². The van der Waals surface area contributed by atoms with E-state index in [1.807, 2.05) is 6.08 Å². The van der Waals surface area contributed by atoms with E-state index in [0.717, 1.165) is 38.5 Å². The first-order valence-electron chi connectivity index (χ1n) is 26.9. The van der Waals surface area contributed by atoms with Crippen LogP contribution in [0.1, 0.15) is 264 Å². The molecule has 9 heteroatoms. The molecule has 0 radical (unpaired) electrons. The summed E-state index contributed by atoms with van der Waals surface area (Å²) in [6.45, 7) is 3.75. The van der Waals surface area contributed by atoms with Gasteiger partial charge >= 0.3 is 0 Å². The number of unbranched alkanes of at least 4 members (excludes halogenated alkanes) is 36. The summed E-state index contributed by atoms with van der Waals surface area (Å²) in [6.07, 6.45) is 46.0. The zero-order valence-electron chi connectivity index (χ0n) is 40.6. The molecular weight excluding hydrogens is 779 g/mol. The summed E-state index contributed by atoms with van der Waals surface area (Å²) in [4.78, 5) is 12.9. The van der Waals surface area contributed by atoms with Gasteiger partial charge in [0.1, 0.15) is 24.4 Å². The number of rotatable bonds is 46. The zero-order chi connectivity index (χ0) is 45.1. The van der Waals surface area contributed by atoms with Gasteiger partial charge in [-0.3, -0.25) is 4.79 Å². The first-order chi connectivity index (χ1) is 30.3. The van der Waals surface area contributed by atoms with Gasteiger partial charge in [0.15, 0.2) is 6.29 Å². The first-order valence-corrected chi connectivity index (χ1v) is 26.9. The fraction of sp³-hybridized carbons (Fsp3) is 0.943. The molecule has 0 saturated carbocycles. The summed E-state index contributed by atoms with van der Waals surface area (Å²) in [6, 6.07) is -0.797. The quantitative estimate of drug-likeness (QED) is 0.0261. The zero-order valence-corrected chi connectivity index (χ0v) is 40.6. The molecule has 0 aromatic heterocycles. The summed E-state index contributed by atoms with van der Waals surface area (Å²) in [7, 11) is 0. The Morgan fingerprint density at radius 2 is 0.887 bits per heavy atom. The number of aliphatic hydroxyl groups excluding tert-OH is 5. The van der Waals surface area contributed by atoms with E-state index in [2.05, 4.69) is 19.2 Å². The fourth-order valence-electron chi connectivity index (χ4n) is 8.81. The van der Waals surface area contributed by atoms with Gasteiger partial charge in [-0.1, -0.05) is 251 Å². The summed E-state index contributed by atoms with van der Waals surface area (Å²) >= 11 is 0. The minimum atomic E-state index is -1.56. The van der Waals surface area contributed by atoms with Crippen LogP contribution in [-0.2, 0) is 14.3 Å². The second-order valence-electron chi connectivity index (χ2n) is 19.0. The molecule has 0 spiro atoms. The van der Waals surface area contributed by atoms with Gasteiger partial charge in [0, 0.05) is 6.42 Å². The molecule has 368 valence electrons. The number of hydrogen-bond acceptors (Lipinski definition) is 8. The van der Waals surface area contributed by atoms with Gasteiger partial charge in [-0.25, -0.2) is 0 Å². The van der Waals surface area contributed by atoms with E-state index < -0.39 is 49.5 Å². The average Bonchev–Trinajstić information content (AvgIpc) is 3.27. The standard InChI is InChI=1S/C53H103NO8/c1-3-5-7-9-11-13-14-15-16-17-18-19-20-21-22-23-24-25-26-27-28-29-30-31-32-33-34-35-37-39-41-43-49(57)54-46(47(56)42-40-38-36-12-10-8-6-4-2)45-61-53-52(60)51(59)50(58)48(44-55)62-53/h40,42,46-48,50-53,55-56,58-60H,3-39,41,43-45H2,1-2H3,(H,54,57)/b42-40+. The Labute approximate surface area is 382 Å². The van der Waals surface area contributed by atoms with Crippen molar-refractivity contribution in [2.75, 3.05) is 13.2 Å². The van der Waals surface area contributed by atoms with E-state index in [9.17, 15) is 30.3 Å². The van der Waals surface area contributed by atoms with Crippen molar-refractivity contribution in [3.05, 3.63) is 12.2 Å². The second kappa shape index (κ2) is 43.8. The Bertz CT molecular complexity index is 981. The molecule has 7 atom stereocenters. The molecule has 1 heterocycles. The van der Waals surface area contributed by atoms with Crippen molar-refractivity contribution in [1.29, 1.82) is 0 Å². The summed E-state index contributed by atoms with van der Waals surface area (Å²) in [5.41, 5.74) is 0. The van der Waals surface area contributed by atoms with E-state index in [0.29, 0.717) is 6.42 Å². The molecule has 0 aliphatic carbocycles. The van der Waals surface area contributed by atoms with Crippen LogP contribution in [0.15, 0.2) is 12.2 Å². The van der Waals surface area contributed by atoms with Crippen LogP contribution in [0.5, 0.6) is 0 Å². The second-order valence-corrected chi connectivity index (χ2v) is 19.0. The normalized spacial score (nSPS) is 20.3. The van der Waals surface area contributed by atoms with Crippen LogP contribution >= 0.6 is 0 Å². The van der Waals surface area contributed by atoms with Gasteiger partial charge in [0.05, 0.1) is 25.4 Å². The highest BCUT2D eigenvalue weighted by Gasteiger charge is 2.44. The van der Waals surface area contributed by atoms with E-state index in [-0.39, 0.29) is 12.5 Å². The molecule has 0 aromatic rings. The van der Waals surface area contributed by atoms with Crippen molar-refractivity contribution in [2.24, 2.45) is 0 Å². The fourth-order valence-corrected chi connectivity index (χ4v) is 8.81. The van der Waals surface area contributed by atoms with E-state index in [4.69, 9.17) is 9.47 Å². The van der Waals surface area contributed by atoms with Crippen LogP contribution in [0.3, 0.4) is 0 Å². The Kier molecular flexibility index (Phi) is 41.6. The van der Waals surface area contributed by atoms with Crippen molar-refractivity contribution >= 4 is 5.91 Å². The van der Waals surface area contributed by atoms with Crippen molar-refractivity contribution in [3.8, 4) is 0 Å². The minimum absolute atomic E-state index is 0.175. The van der Waals surface area contributed by atoms with Crippen LogP contribution < -0.4 is 5.32 Å². The van der Waals surface area contributed by atoms with Crippen LogP contribution in [0.2, 0.25) is 0 Å². The molecule has 1 aliphatic heterocycles. The third-order valence-electron chi connectivity index (χ3n) is 13.1. The van der Waals surface area contributed by atoms with Gasteiger partial charge in [0.25, 0.3) is 0 Å². The largest absolute Gasteiger partial charge is 0.394 e. The monoisotopic (exact) mass is 882 g/mol. The molecule has 0 bridgehead atoms. The Morgan fingerprint density at radius 3 is 1.26 bits per heavy atom. The molecule has 6 N–H and O–H groups in total. The molecule has 1 saturated heterocycles. The predicted octanol–water partition coefficient (Wildman–Crippen LogP) is 12.5. The van der Waals surface area contributed by atoms with Crippen molar-refractivity contribution in [1.82, 2.24) is 5.32 Å². The molecular formula is C53H103NO8. The third kappa shape index (κ3) is 33.4. The lowest BCUT2D eigenvalue weighted by atomic mass is 9.99. The Morgan fingerprint density at radius 1 is 0.532 bits per heavy atom. The van der Waals surface area contributed by atoms with E-state index in [1.54, 1.807) is 6.08 Å². The molecule has 0 aromatic carbocycles. The molecule has 1 rings (SSSR count). The van der Waals surface area contributed by atoms with Gasteiger partial charge in [-0.15, -0.1) is 0 Å². The molecule has 1 fully saturated rings. The topological polar surface area (TPSA) is 149 Å². The lowest BCUT2D eigenvalue weighted by molar-refractivity contribution is -0.302. The highest BCUT2D eigenvalue weighted by molar-refractivity contribution is 5.76. The first kappa shape index (κ1) is 58.9. The predicted molar refractivity (Wildman–Crippen MR) is 258 cm³/mol. The van der Waals surface area contributed by atoms with E-state index in [1.165, 1.54) is 205 Å². The summed E-state index contributed by atoms with van der Waals surface area (Å²) in [5.74, 6) is -0.175. The number of carbonyl (C=O) groups excluding carboxylic acids is 1.